The molecule has 3 heteroatoms. The molecule has 106 valence electrons. The van der Waals surface area contributed by atoms with Crippen LogP contribution in [0, 0.1) is 12.8 Å². The fourth-order valence-corrected chi connectivity index (χ4v) is 2.87. The van der Waals surface area contributed by atoms with Gasteiger partial charge in [-0.1, -0.05) is 13.0 Å². The average Bonchev–Trinajstić information content (AvgIpc) is 2.45. The molecule has 1 aromatic heterocycles. The molecule has 0 aliphatic carbocycles. The van der Waals surface area contributed by atoms with Crippen molar-refractivity contribution in [1.29, 1.82) is 0 Å². The standard InChI is InChI=1S/C16H27N3/c1-4-10-17-14(3)15-8-11-19(12-9-15)16-7-5-6-13(2)18-16/h5-7,14-15,17H,4,8-12H2,1-3H3. The summed E-state index contributed by atoms with van der Waals surface area (Å²) in [6.07, 6.45) is 3.76. The summed E-state index contributed by atoms with van der Waals surface area (Å²) in [7, 11) is 0. The topological polar surface area (TPSA) is 28.2 Å². The molecule has 0 amide bonds. The number of aryl methyl sites for hydroxylation is 1. The number of hydrogen-bond donors (Lipinski definition) is 1. The van der Waals surface area contributed by atoms with Crippen LogP contribution in [-0.4, -0.2) is 30.7 Å². The van der Waals surface area contributed by atoms with E-state index in [-0.39, 0.29) is 0 Å². The molecule has 0 saturated carbocycles. The van der Waals surface area contributed by atoms with Crippen molar-refractivity contribution in [2.45, 2.75) is 46.1 Å². The van der Waals surface area contributed by atoms with E-state index < -0.39 is 0 Å². The third-order valence-electron chi connectivity index (χ3n) is 4.16. The van der Waals surface area contributed by atoms with E-state index in [4.69, 9.17) is 0 Å². The van der Waals surface area contributed by atoms with Crippen molar-refractivity contribution in [2.75, 3.05) is 24.5 Å². The number of anilines is 1. The summed E-state index contributed by atoms with van der Waals surface area (Å²) in [6.45, 7) is 10.0. The summed E-state index contributed by atoms with van der Waals surface area (Å²) >= 11 is 0. The molecule has 1 aliphatic heterocycles. The summed E-state index contributed by atoms with van der Waals surface area (Å²) in [5.74, 6) is 1.96. The van der Waals surface area contributed by atoms with Crippen LogP contribution in [0.4, 0.5) is 5.82 Å². The van der Waals surface area contributed by atoms with Gasteiger partial charge in [-0.2, -0.15) is 0 Å². The van der Waals surface area contributed by atoms with Crippen molar-refractivity contribution in [3.63, 3.8) is 0 Å². The summed E-state index contributed by atoms with van der Waals surface area (Å²) in [6, 6.07) is 6.95. The van der Waals surface area contributed by atoms with Crippen molar-refractivity contribution in [2.24, 2.45) is 5.92 Å². The third kappa shape index (κ3) is 3.93. The van der Waals surface area contributed by atoms with Crippen LogP contribution in [-0.2, 0) is 0 Å². The minimum Gasteiger partial charge on any atom is -0.357 e. The van der Waals surface area contributed by atoms with Crippen LogP contribution in [0.5, 0.6) is 0 Å². The van der Waals surface area contributed by atoms with E-state index in [1.54, 1.807) is 0 Å². The van der Waals surface area contributed by atoms with Gasteiger partial charge in [0.2, 0.25) is 0 Å². The molecule has 2 heterocycles. The first-order valence-corrected chi connectivity index (χ1v) is 7.62. The predicted octanol–water partition coefficient (Wildman–Crippen LogP) is 2.99. The van der Waals surface area contributed by atoms with Gasteiger partial charge in [-0.15, -0.1) is 0 Å². The lowest BCUT2D eigenvalue weighted by Gasteiger charge is -2.36. The Kier molecular flexibility index (Phi) is 5.20. The SMILES string of the molecule is CCCNC(C)C1CCN(c2cccc(C)n2)CC1. The number of nitrogens with zero attached hydrogens (tertiary/aromatic N) is 2. The second kappa shape index (κ2) is 6.90. The van der Waals surface area contributed by atoms with E-state index >= 15 is 0 Å². The van der Waals surface area contributed by atoms with E-state index in [1.165, 1.54) is 19.3 Å². The number of pyridine rings is 1. The van der Waals surface area contributed by atoms with Crippen LogP contribution in [0.15, 0.2) is 18.2 Å². The van der Waals surface area contributed by atoms with Crippen LogP contribution >= 0.6 is 0 Å². The van der Waals surface area contributed by atoms with E-state index in [0.717, 1.165) is 37.1 Å². The highest BCUT2D eigenvalue weighted by Crippen LogP contribution is 2.24. The van der Waals surface area contributed by atoms with E-state index in [1.807, 2.05) is 0 Å². The van der Waals surface area contributed by atoms with Gasteiger partial charge in [-0.25, -0.2) is 4.98 Å². The maximum absolute atomic E-state index is 4.63. The smallest absolute Gasteiger partial charge is 0.128 e. The lowest BCUT2D eigenvalue weighted by atomic mass is 9.90. The Morgan fingerprint density at radius 1 is 1.37 bits per heavy atom. The van der Waals surface area contributed by atoms with Gasteiger partial charge < -0.3 is 10.2 Å². The lowest BCUT2D eigenvalue weighted by molar-refractivity contribution is 0.311. The molecule has 1 atom stereocenters. The van der Waals surface area contributed by atoms with Crippen LogP contribution in [0.2, 0.25) is 0 Å². The van der Waals surface area contributed by atoms with Crippen molar-refractivity contribution in [3.8, 4) is 0 Å². The Morgan fingerprint density at radius 3 is 2.74 bits per heavy atom. The second-order valence-electron chi connectivity index (χ2n) is 5.70. The molecule has 1 aliphatic rings. The second-order valence-corrected chi connectivity index (χ2v) is 5.70. The Bertz CT molecular complexity index is 383. The number of aromatic nitrogens is 1. The quantitative estimate of drug-likeness (QED) is 0.883. The van der Waals surface area contributed by atoms with Crippen molar-refractivity contribution < 1.29 is 0 Å². The molecular formula is C16H27N3. The van der Waals surface area contributed by atoms with Gasteiger partial charge in [0.25, 0.3) is 0 Å². The summed E-state index contributed by atoms with van der Waals surface area (Å²) in [5.41, 5.74) is 1.11. The minimum absolute atomic E-state index is 0.646. The van der Waals surface area contributed by atoms with E-state index in [0.29, 0.717) is 6.04 Å². The molecule has 3 nitrogen and oxygen atoms in total. The predicted molar refractivity (Wildman–Crippen MR) is 81.7 cm³/mol. The third-order valence-corrected chi connectivity index (χ3v) is 4.16. The molecule has 1 fully saturated rings. The summed E-state index contributed by atoms with van der Waals surface area (Å²) in [5, 5.41) is 3.63. The zero-order valence-corrected chi connectivity index (χ0v) is 12.5. The van der Waals surface area contributed by atoms with Gasteiger partial charge in [0.1, 0.15) is 5.82 Å². The molecule has 0 spiro atoms. The van der Waals surface area contributed by atoms with Crippen molar-refractivity contribution >= 4 is 5.82 Å². The fraction of sp³-hybridized carbons (Fsp3) is 0.688. The van der Waals surface area contributed by atoms with Crippen molar-refractivity contribution in [1.82, 2.24) is 10.3 Å². The summed E-state index contributed by atoms with van der Waals surface area (Å²) in [4.78, 5) is 7.05. The van der Waals surface area contributed by atoms with Crippen LogP contribution < -0.4 is 10.2 Å². The van der Waals surface area contributed by atoms with Gasteiger partial charge in [-0.05, 0) is 57.7 Å². The first-order chi connectivity index (χ1) is 9.20. The molecule has 1 aromatic rings. The van der Waals surface area contributed by atoms with Gasteiger partial charge in [0.15, 0.2) is 0 Å². The molecule has 0 radical (unpaired) electrons. The molecule has 1 N–H and O–H groups in total. The monoisotopic (exact) mass is 261 g/mol. The molecule has 0 aromatic carbocycles. The zero-order chi connectivity index (χ0) is 13.7. The number of piperidine rings is 1. The molecule has 2 rings (SSSR count). The average molecular weight is 261 g/mol. The Labute approximate surface area is 117 Å². The molecule has 1 unspecified atom stereocenters. The molecular weight excluding hydrogens is 234 g/mol. The minimum atomic E-state index is 0.646. The van der Waals surface area contributed by atoms with Gasteiger partial charge in [0, 0.05) is 24.8 Å². The summed E-state index contributed by atoms with van der Waals surface area (Å²) < 4.78 is 0. The van der Waals surface area contributed by atoms with Gasteiger partial charge in [0.05, 0.1) is 0 Å². The first kappa shape index (κ1) is 14.3. The Morgan fingerprint density at radius 2 is 2.11 bits per heavy atom. The molecule has 0 bridgehead atoms. The molecule has 1 saturated heterocycles. The highest BCUT2D eigenvalue weighted by atomic mass is 15.2. The van der Waals surface area contributed by atoms with Crippen LogP contribution in [0.1, 0.15) is 38.8 Å². The van der Waals surface area contributed by atoms with Gasteiger partial charge >= 0.3 is 0 Å². The number of rotatable bonds is 5. The number of hydrogen-bond acceptors (Lipinski definition) is 3. The molecule has 19 heavy (non-hydrogen) atoms. The van der Waals surface area contributed by atoms with E-state index in [2.05, 4.69) is 54.2 Å². The highest BCUT2D eigenvalue weighted by molar-refractivity contribution is 5.39. The highest BCUT2D eigenvalue weighted by Gasteiger charge is 2.23. The number of nitrogens with one attached hydrogen (secondary N) is 1. The largest absolute Gasteiger partial charge is 0.357 e. The van der Waals surface area contributed by atoms with Crippen LogP contribution in [0.3, 0.4) is 0 Å². The van der Waals surface area contributed by atoms with Crippen LogP contribution in [0.25, 0.3) is 0 Å². The first-order valence-electron chi connectivity index (χ1n) is 7.62. The van der Waals surface area contributed by atoms with Crippen molar-refractivity contribution in [3.05, 3.63) is 23.9 Å². The van der Waals surface area contributed by atoms with Gasteiger partial charge in [-0.3, -0.25) is 0 Å². The Hall–Kier alpha value is -1.09. The van der Waals surface area contributed by atoms with E-state index in [9.17, 15) is 0 Å². The zero-order valence-electron chi connectivity index (χ0n) is 12.5. The normalized spacial score (nSPS) is 18.6. The maximum atomic E-state index is 4.63. The fourth-order valence-electron chi connectivity index (χ4n) is 2.87. The maximum Gasteiger partial charge on any atom is 0.128 e. The lowest BCUT2D eigenvalue weighted by Crippen LogP contribution is -2.42. The Balaban J connectivity index is 1.85.